The zero-order valence-corrected chi connectivity index (χ0v) is 9.22. The predicted molar refractivity (Wildman–Crippen MR) is 55.7 cm³/mol. The molecule has 0 heterocycles. The molecular formula is C13H13F3O. The maximum atomic E-state index is 13.7. The molecule has 0 bridgehead atoms. The highest BCUT2D eigenvalue weighted by Crippen LogP contribution is 2.59. The van der Waals surface area contributed by atoms with Gasteiger partial charge in [-0.05, 0) is 43.6 Å². The summed E-state index contributed by atoms with van der Waals surface area (Å²) >= 11 is 0. The van der Waals surface area contributed by atoms with E-state index >= 15 is 0 Å². The van der Waals surface area contributed by atoms with Crippen molar-refractivity contribution in [3.8, 4) is 0 Å². The average Bonchev–Trinajstić information content (AvgIpc) is 3.07. The molecular weight excluding hydrogens is 229 g/mol. The molecule has 0 spiro atoms. The Morgan fingerprint density at radius 2 is 1.94 bits per heavy atom. The van der Waals surface area contributed by atoms with E-state index in [4.69, 9.17) is 0 Å². The minimum atomic E-state index is -1.49. The molecule has 3 unspecified atom stereocenters. The Morgan fingerprint density at radius 3 is 2.71 bits per heavy atom. The van der Waals surface area contributed by atoms with Gasteiger partial charge in [0.15, 0.2) is 17.5 Å². The SMILES string of the molecule is OC1(c2ccc(F)c(F)c2F)CCCC2CC21. The summed E-state index contributed by atoms with van der Waals surface area (Å²) in [6.07, 6.45) is 3.12. The maximum Gasteiger partial charge on any atom is 0.194 e. The van der Waals surface area contributed by atoms with Crippen LogP contribution in [0.5, 0.6) is 0 Å². The van der Waals surface area contributed by atoms with E-state index in [-0.39, 0.29) is 11.5 Å². The standard InChI is InChI=1S/C13H13F3O/c14-10-4-3-8(11(15)12(10)16)13(17)5-1-2-7-6-9(7)13/h3-4,7,9,17H,1-2,5-6H2. The van der Waals surface area contributed by atoms with E-state index in [1.165, 1.54) is 6.07 Å². The molecule has 3 atom stereocenters. The third-order valence-electron chi connectivity index (χ3n) is 4.17. The number of benzene rings is 1. The lowest BCUT2D eigenvalue weighted by Gasteiger charge is -2.33. The Kier molecular flexibility index (Phi) is 2.27. The second-order valence-corrected chi connectivity index (χ2v) is 5.14. The van der Waals surface area contributed by atoms with Crippen LogP contribution in [0.15, 0.2) is 12.1 Å². The normalized spacial score (nSPS) is 35.5. The zero-order chi connectivity index (χ0) is 12.2. The van der Waals surface area contributed by atoms with Crippen molar-refractivity contribution in [1.29, 1.82) is 0 Å². The fourth-order valence-corrected chi connectivity index (χ4v) is 3.17. The number of hydrogen-bond donors (Lipinski definition) is 1. The van der Waals surface area contributed by atoms with Gasteiger partial charge in [-0.15, -0.1) is 0 Å². The summed E-state index contributed by atoms with van der Waals surface area (Å²) in [5.41, 5.74) is -1.38. The van der Waals surface area contributed by atoms with Gasteiger partial charge in [0, 0.05) is 5.56 Å². The summed E-state index contributed by atoms with van der Waals surface area (Å²) in [6, 6.07) is 2.06. The summed E-state index contributed by atoms with van der Waals surface area (Å²) in [5, 5.41) is 10.5. The van der Waals surface area contributed by atoms with E-state index in [1.807, 2.05) is 0 Å². The number of fused-ring (bicyclic) bond motifs is 1. The topological polar surface area (TPSA) is 20.2 Å². The summed E-state index contributed by atoms with van der Waals surface area (Å²) in [4.78, 5) is 0. The molecule has 0 saturated heterocycles. The number of halogens is 3. The lowest BCUT2D eigenvalue weighted by Crippen LogP contribution is -2.33. The van der Waals surface area contributed by atoms with E-state index in [0.29, 0.717) is 12.3 Å². The highest BCUT2D eigenvalue weighted by molar-refractivity contribution is 5.30. The molecule has 2 aliphatic rings. The van der Waals surface area contributed by atoms with E-state index in [0.717, 1.165) is 25.3 Å². The van der Waals surface area contributed by atoms with Crippen molar-refractivity contribution >= 4 is 0 Å². The zero-order valence-electron chi connectivity index (χ0n) is 9.22. The molecule has 0 aliphatic heterocycles. The van der Waals surface area contributed by atoms with Crippen molar-refractivity contribution < 1.29 is 18.3 Å². The van der Waals surface area contributed by atoms with Gasteiger partial charge in [-0.3, -0.25) is 0 Å². The van der Waals surface area contributed by atoms with Crippen molar-refractivity contribution in [1.82, 2.24) is 0 Å². The lowest BCUT2D eigenvalue weighted by molar-refractivity contribution is -0.0197. The monoisotopic (exact) mass is 242 g/mol. The van der Waals surface area contributed by atoms with Crippen LogP contribution in [0.1, 0.15) is 31.2 Å². The predicted octanol–water partition coefficient (Wildman–Crippen LogP) is 3.11. The first-order valence-electron chi connectivity index (χ1n) is 5.90. The largest absolute Gasteiger partial charge is 0.385 e. The lowest BCUT2D eigenvalue weighted by atomic mass is 9.79. The second-order valence-electron chi connectivity index (χ2n) is 5.14. The molecule has 17 heavy (non-hydrogen) atoms. The van der Waals surface area contributed by atoms with E-state index in [2.05, 4.69) is 0 Å². The van der Waals surface area contributed by atoms with Gasteiger partial charge in [-0.2, -0.15) is 0 Å². The molecule has 1 aromatic rings. The van der Waals surface area contributed by atoms with Crippen molar-refractivity contribution in [3.05, 3.63) is 35.1 Å². The molecule has 0 radical (unpaired) electrons. The van der Waals surface area contributed by atoms with Crippen LogP contribution in [0.2, 0.25) is 0 Å². The van der Waals surface area contributed by atoms with Gasteiger partial charge in [-0.25, -0.2) is 13.2 Å². The molecule has 3 rings (SSSR count). The van der Waals surface area contributed by atoms with Crippen molar-refractivity contribution in [3.63, 3.8) is 0 Å². The average molecular weight is 242 g/mol. The minimum absolute atomic E-state index is 0.00983. The summed E-state index contributed by atoms with van der Waals surface area (Å²) in [6.45, 7) is 0. The fraction of sp³-hybridized carbons (Fsp3) is 0.538. The van der Waals surface area contributed by atoms with Crippen LogP contribution in [0.25, 0.3) is 0 Å². The molecule has 2 aliphatic carbocycles. The first-order valence-corrected chi connectivity index (χ1v) is 5.90. The highest BCUT2D eigenvalue weighted by atomic mass is 19.2. The first kappa shape index (κ1) is 11.1. The van der Waals surface area contributed by atoms with Crippen molar-refractivity contribution in [2.45, 2.75) is 31.3 Å². The highest BCUT2D eigenvalue weighted by Gasteiger charge is 2.55. The van der Waals surface area contributed by atoms with Crippen LogP contribution in [-0.2, 0) is 5.60 Å². The number of rotatable bonds is 1. The second kappa shape index (κ2) is 3.48. The summed E-state index contributed by atoms with van der Waals surface area (Å²) in [5.74, 6) is -3.51. The molecule has 2 fully saturated rings. The molecule has 4 heteroatoms. The fourth-order valence-electron chi connectivity index (χ4n) is 3.17. The van der Waals surface area contributed by atoms with E-state index < -0.39 is 23.1 Å². The summed E-state index contributed by atoms with van der Waals surface area (Å²) < 4.78 is 39.8. The van der Waals surface area contributed by atoms with Crippen molar-refractivity contribution in [2.75, 3.05) is 0 Å². The molecule has 1 aromatic carbocycles. The number of aliphatic hydroxyl groups is 1. The van der Waals surface area contributed by atoms with E-state index in [9.17, 15) is 18.3 Å². The molecule has 1 N–H and O–H groups in total. The molecule has 0 aromatic heterocycles. The van der Waals surface area contributed by atoms with E-state index in [1.54, 1.807) is 0 Å². The Morgan fingerprint density at radius 1 is 1.18 bits per heavy atom. The molecule has 1 nitrogen and oxygen atoms in total. The first-order chi connectivity index (χ1) is 8.04. The van der Waals surface area contributed by atoms with Gasteiger partial charge in [0.1, 0.15) is 0 Å². The van der Waals surface area contributed by atoms with Crippen LogP contribution in [0.3, 0.4) is 0 Å². The Bertz CT molecular complexity index is 474. The third kappa shape index (κ3) is 1.50. The van der Waals surface area contributed by atoms with Crippen LogP contribution in [-0.4, -0.2) is 5.11 Å². The van der Waals surface area contributed by atoms with Gasteiger partial charge in [-0.1, -0.05) is 6.07 Å². The smallest absolute Gasteiger partial charge is 0.194 e. The van der Waals surface area contributed by atoms with Gasteiger partial charge < -0.3 is 5.11 Å². The van der Waals surface area contributed by atoms with Gasteiger partial charge in [0.2, 0.25) is 0 Å². The van der Waals surface area contributed by atoms with Crippen LogP contribution in [0.4, 0.5) is 13.2 Å². The van der Waals surface area contributed by atoms with Crippen LogP contribution < -0.4 is 0 Å². The molecule has 2 saturated carbocycles. The van der Waals surface area contributed by atoms with Crippen LogP contribution in [0, 0.1) is 29.3 Å². The van der Waals surface area contributed by atoms with Crippen LogP contribution >= 0.6 is 0 Å². The number of hydrogen-bond acceptors (Lipinski definition) is 1. The quantitative estimate of drug-likeness (QED) is 0.750. The maximum absolute atomic E-state index is 13.7. The Hall–Kier alpha value is -1.03. The molecule has 0 amide bonds. The van der Waals surface area contributed by atoms with Crippen molar-refractivity contribution in [2.24, 2.45) is 11.8 Å². The van der Waals surface area contributed by atoms with Gasteiger partial charge in [0.25, 0.3) is 0 Å². The van der Waals surface area contributed by atoms with Gasteiger partial charge in [0.05, 0.1) is 5.60 Å². The molecule has 92 valence electrons. The third-order valence-corrected chi connectivity index (χ3v) is 4.17. The summed E-state index contributed by atoms with van der Waals surface area (Å²) in [7, 11) is 0. The minimum Gasteiger partial charge on any atom is -0.385 e. The Balaban J connectivity index is 2.06. The Labute approximate surface area is 97.3 Å². The van der Waals surface area contributed by atoms with Gasteiger partial charge >= 0.3 is 0 Å².